The fourth-order valence-electron chi connectivity index (χ4n) is 3.91. The SMILES string of the molecule is CC(C)n1ncnc1-c1cn2c(n1)-c1ccc(-c3ccccc3CO)cc1OCC2. The van der Waals surface area contributed by atoms with Crippen LogP contribution < -0.4 is 4.74 Å². The van der Waals surface area contributed by atoms with Crippen LogP contribution in [0.15, 0.2) is 55.0 Å². The maximum atomic E-state index is 9.69. The summed E-state index contributed by atoms with van der Waals surface area (Å²) in [6.45, 7) is 5.41. The number of aliphatic hydroxyl groups excluding tert-OH is 1. The molecule has 0 saturated heterocycles. The molecule has 0 bridgehead atoms. The van der Waals surface area contributed by atoms with E-state index in [0.717, 1.165) is 45.3 Å². The van der Waals surface area contributed by atoms with Crippen molar-refractivity contribution in [2.75, 3.05) is 6.61 Å². The van der Waals surface area contributed by atoms with E-state index in [9.17, 15) is 5.11 Å². The standard InChI is InChI=1S/C23H23N5O2/c1-15(2)28-23(24-14-25-28)20-12-27-9-10-30-21-11-16(7-8-19(21)22(27)26-20)18-6-4-3-5-17(18)13-29/h3-8,11-12,14-15,29H,9-10,13H2,1-2H3. The molecule has 2 aromatic carbocycles. The average molecular weight is 401 g/mol. The Morgan fingerprint density at radius 2 is 1.97 bits per heavy atom. The van der Waals surface area contributed by atoms with Crippen LogP contribution in [-0.4, -0.2) is 36.0 Å². The number of ether oxygens (including phenoxy) is 1. The largest absolute Gasteiger partial charge is 0.491 e. The minimum atomic E-state index is -0.00157. The molecule has 1 N–H and O–H groups in total. The lowest BCUT2D eigenvalue weighted by atomic mass is 9.98. The van der Waals surface area contributed by atoms with Crippen molar-refractivity contribution in [3.05, 3.63) is 60.6 Å². The van der Waals surface area contributed by atoms with Crippen molar-refractivity contribution >= 4 is 0 Å². The lowest BCUT2D eigenvalue weighted by Crippen LogP contribution is -2.06. The van der Waals surface area contributed by atoms with E-state index in [0.29, 0.717) is 13.2 Å². The van der Waals surface area contributed by atoms with Gasteiger partial charge in [0.1, 0.15) is 30.2 Å². The maximum Gasteiger partial charge on any atom is 0.178 e. The van der Waals surface area contributed by atoms with E-state index in [-0.39, 0.29) is 12.6 Å². The second-order valence-electron chi connectivity index (χ2n) is 7.64. The molecule has 7 heteroatoms. The van der Waals surface area contributed by atoms with E-state index in [4.69, 9.17) is 9.72 Å². The summed E-state index contributed by atoms with van der Waals surface area (Å²) in [5, 5.41) is 14.0. The molecule has 5 rings (SSSR count). The van der Waals surface area contributed by atoms with Crippen LogP contribution in [0.1, 0.15) is 25.5 Å². The molecule has 0 unspecified atom stereocenters. The fraction of sp³-hybridized carbons (Fsp3) is 0.261. The summed E-state index contributed by atoms with van der Waals surface area (Å²) in [7, 11) is 0. The Morgan fingerprint density at radius 1 is 1.10 bits per heavy atom. The van der Waals surface area contributed by atoms with Crippen LogP contribution in [0.25, 0.3) is 34.0 Å². The van der Waals surface area contributed by atoms with Crippen LogP contribution in [0.4, 0.5) is 0 Å². The van der Waals surface area contributed by atoms with Crippen LogP contribution in [0.2, 0.25) is 0 Å². The van der Waals surface area contributed by atoms with Crippen molar-refractivity contribution in [3.63, 3.8) is 0 Å². The van der Waals surface area contributed by atoms with Gasteiger partial charge in [0.15, 0.2) is 5.82 Å². The number of hydrogen-bond acceptors (Lipinski definition) is 5. The van der Waals surface area contributed by atoms with Crippen molar-refractivity contribution < 1.29 is 9.84 Å². The first-order chi connectivity index (χ1) is 14.7. The fourth-order valence-corrected chi connectivity index (χ4v) is 3.91. The number of aliphatic hydroxyl groups is 1. The molecule has 0 radical (unpaired) electrons. The van der Waals surface area contributed by atoms with Crippen molar-refractivity contribution in [2.45, 2.75) is 33.0 Å². The quantitative estimate of drug-likeness (QED) is 0.560. The number of benzene rings is 2. The predicted octanol–water partition coefficient (Wildman–Crippen LogP) is 3.94. The number of nitrogens with zero attached hydrogens (tertiary/aromatic N) is 5. The minimum absolute atomic E-state index is 0.00157. The van der Waals surface area contributed by atoms with Gasteiger partial charge >= 0.3 is 0 Å². The normalized spacial score (nSPS) is 12.9. The Kier molecular flexibility index (Phi) is 4.59. The molecule has 4 aromatic rings. The second-order valence-corrected chi connectivity index (χ2v) is 7.64. The third-order valence-electron chi connectivity index (χ3n) is 5.38. The number of aromatic nitrogens is 5. The highest BCUT2D eigenvalue weighted by Gasteiger charge is 2.22. The first kappa shape index (κ1) is 18.6. The molecule has 0 spiro atoms. The van der Waals surface area contributed by atoms with Crippen LogP contribution in [0, 0.1) is 0 Å². The predicted molar refractivity (Wildman–Crippen MR) is 114 cm³/mol. The van der Waals surface area contributed by atoms with E-state index in [1.54, 1.807) is 6.33 Å². The average Bonchev–Trinajstić information content (AvgIpc) is 3.38. The van der Waals surface area contributed by atoms with Gasteiger partial charge in [0.05, 0.1) is 18.7 Å². The summed E-state index contributed by atoms with van der Waals surface area (Å²) < 4.78 is 10.1. The molecule has 2 aromatic heterocycles. The molecule has 3 heterocycles. The third-order valence-corrected chi connectivity index (χ3v) is 5.38. The van der Waals surface area contributed by atoms with Crippen LogP contribution in [0.5, 0.6) is 5.75 Å². The summed E-state index contributed by atoms with van der Waals surface area (Å²) in [4.78, 5) is 9.32. The Labute approximate surface area is 174 Å². The first-order valence-electron chi connectivity index (χ1n) is 10.1. The summed E-state index contributed by atoms with van der Waals surface area (Å²) >= 11 is 0. The Morgan fingerprint density at radius 3 is 2.80 bits per heavy atom. The highest BCUT2D eigenvalue weighted by molar-refractivity contribution is 5.76. The summed E-state index contributed by atoms with van der Waals surface area (Å²) in [6.07, 6.45) is 3.59. The van der Waals surface area contributed by atoms with Crippen molar-refractivity contribution in [3.8, 4) is 39.8 Å². The molecule has 0 amide bonds. The summed E-state index contributed by atoms with van der Waals surface area (Å²) in [5.41, 5.74) is 4.66. The zero-order valence-electron chi connectivity index (χ0n) is 17.0. The smallest absolute Gasteiger partial charge is 0.178 e. The van der Waals surface area contributed by atoms with Gasteiger partial charge in [-0.15, -0.1) is 0 Å². The van der Waals surface area contributed by atoms with Crippen molar-refractivity contribution in [1.82, 2.24) is 24.3 Å². The zero-order chi connectivity index (χ0) is 20.7. The Bertz CT molecular complexity index is 1210. The molecule has 30 heavy (non-hydrogen) atoms. The van der Waals surface area contributed by atoms with Crippen molar-refractivity contribution in [2.24, 2.45) is 0 Å². The molecular weight excluding hydrogens is 378 g/mol. The lowest BCUT2D eigenvalue weighted by molar-refractivity contribution is 0.282. The van der Waals surface area contributed by atoms with Gasteiger partial charge < -0.3 is 14.4 Å². The highest BCUT2D eigenvalue weighted by atomic mass is 16.5. The minimum Gasteiger partial charge on any atom is -0.491 e. The van der Waals surface area contributed by atoms with Gasteiger partial charge in [-0.2, -0.15) is 5.10 Å². The van der Waals surface area contributed by atoms with E-state index in [1.807, 2.05) is 47.3 Å². The van der Waals surface area contributed by atoms with E-state index < -0.39 is 0 Å². The molecule has 152 valence electrons. The van der Waals surface area contributed by atoms with Crippen LogP contribution >= 0.6 is 0 Å². The topological polar surface area (TPSA) is 78.0 Å². The van der Waals surface area contributed by atoms with Crippen molar-refractivity contribution in [1.29, 1.82) is 0 Å². The molecular formula is C23H23N5O2. The van der Waals surface area contributed by atoms with Crippen LogP contribution in [0.3, 0.4) is 0 Å². The molecule has 7 nitrogen and oxygen atoms in total. The number of hydrogen-bond donors (Lipinski definition) is 1. The molecule has 1 aliphatic rings. The van der Waals surface area contributed by atoms with Crippen LogP contribution in [-0.2, 0) is 13.2 Å². The molecule has 0 fully saturated rings. The highest BCUT2D eigenvalue weighted by Crippen LogP contribution is 2.37. The van der Waals surface area contributed by atoms with Gasteiger partial charge in [0, 0.05) is 12.2 Å². The number of fused-ring (bicyclic) bond motifs is 3. The monoisotopic (exact) mass is 401 g/mol. The third kappa shape index (κ3) is 3.07. The number of rotatable bonds is 4. The van der Waals surface area contributed by atoms with Gasteiger partial charge in [-0.3, -0.25) is 0 Å². The Hall–Kier alpha value is -3.45. The van der Waals surface area contributed by atoms with Gasteiger partial charge in [0.25, 0.3) is 0 Å². The zero-order valence-corrected chi connectivity index (χ0v) is 17.0. The van der Waals surface area contributed by atoms with E-state index in [1.165, 1.54) is 0 Å². The van der Waals surface area contributed by atoms with E-state index in [2.05, 4.69) is 34.6 Å². The maximum absolute atomic E-state index is 9.69. The lowest BCUT2D eigenvalue weighted by Gasteiger charge is -2.12. The molecule has 0 aliphatic carbocycles. The van der Waals surface area contributed by atoms with Gasteiger partial charge in [0.2, 0.25) is 0 Å². The van der Waals surface area contributed by atoms with Gasteiger partial charge in [-0.05, 0) is 42.7 Å². The van der Waals surface area contributed by atoms with Gasteiger partial charge in [-0.25, -0.2) is 14.6 Å². The molecule has 0 atom stereocenters. The molecule has 1 aliphatic heterocycles. The molecule has 0 saturated carbocycles. The number of imidazole rings is 1. The Balaban J connectivity index is 1.59. The second kappa shape index (κ2) is 7.42. The van der Waals surface area contributed by atoms with E-state index >= 15 is 0 Å². The summed E-state index contributed by atoms with van der Waals surface area (Å²) in [5.74, 6) is 2.42. The summed E-state index contributed by atoms with van der Waals surface area (Å²) in [6, 6.07) is 14.2. The van der Waals surface area contributed by atoms with Gasteiger partial charge in [-0.1, -0.05) is 30.3 Å². The first-order valence-corrected chi connectivity index (χ1v) is 10.1.